The number of carbonyl (C=O) groups is 1. The molecule has 5 nitrogen and oxygen atoms in total. The van der Waals surface area contributed by atoms with Crippen LogP contribution in [0.1, 0.15) is 46.6 Å². The summed E-state index contributed by atoms with van der Waals surface area (Å²) in [6.07, 6.45) is 5.62. The third-order valence-electron chi connectivity index (χ3n) is 5.05. The first-order valence-electron chi connectivity index (χ1n) is 8.94. The molecular weight excluding hydrogens is 314 g/mol. The molecule has 1 aliphatic rings. The maximum atomic E-state index is 12.7. The third kappa shape index (κ3) is 4.16. The summed E-state index contributed by atoms with van der Waals surface area (Å²) in [5.41, 5.74) is 2.50. The third-order valence-corrected chi connectivity index (χ3v) is 5.05. The lowest BCUT2D eigenvalue weighted by Crippen LogP contribution is -2.42. The van der Waals surface area contributed by atoms with Crippen molar-refractivity contribution in [1.82, 2.24) is 14.9 Å². The molecule has 5 heteroatoms. The zero-order valence-electron chi connectivity index (χ0n) is 14.9. The number of benzene rings is 1. The number of hydrogen-bond acceptors (Lipinski definition) is 3. The van der Waals surface area contributed by atoms with Crippen LogP contribution in [0.25, 0.3) is 0 Å². The van der Waals surface area contributed by atoms with Crippen LogP contribution in [0.15, 0.2) is 35.3 Å². The number of rotatable bonds is 4. The van der Waals surface area contributed by atoms with Crippen LogP contribution < -0.4 is 5.56 Å². The van der Waals surface area contributed by atoms with E-state index in [9.17, 15) is 9.59 Å². The van der Waals surface area contributed by atoms with Gasteiger partial charge in [-0.2, -0.15) is 0 Å². The second-order valence-corrected chi connectivity index (χ2v) is 6.94. The van der Waals surface area contributed by atoms with E-state index in [-0.39, 0.29) is 17.0 Å². The Labute approximate surface area is 148 Å². The lowest BCUT2D eigenvalue weighted by atomic mass is 9.90. The number of nitrogens with one attached hydrogen (secondary N) is 1. The van der Waals surface area contributed by atoms with Gasteiger partial charge in [0.25, 0.3) is 11.5 Å². The van der Waals surface area contributed by atoms with Crippen molar-refractivity contribution in [3.05, 3.63) is 63.3 Å². The lowest BCUT2D eigenvalue weighted by molar-refractivity contribution is 0.0666. The fourth-order valence-corrected chi connectivity index (χ4v) is 3.54. The Balaban J connectivity index is 1.63. The number of carbonyl (C=O) groups excluding carboxylic acids is 1. The van der Waals surface area contributed by atoms with E-state index < -0.39 is 0 Å². The zero-order valence-corrected chi connectivity index (χ0v) is 14.9. The molecule has 1 saturated heterocycles. The Morgan fingerprint density at radius 3 is 2.88 bits per heavy atom. The Hall–Kier alpha value is -2.43. The highest BCUT2D eigenvalue weighted by Gasteiger charge is 2.26. The molecule has 0 bridgehead atoms. The van der Waals surface area contributed by atoms with Crippen molar-refractivity contribution in [3.8, 4) is 0 Å². The van der Waals surface area contributed by atoms with E-state index >= 15 is 0 Å². The molecule has 1 aliphatic heterocycles. The number of aryl methyl sites for hydroxylation is 3. The molecule has 2 heterocycles. The summed E-state index contributed by atoms with van der Waals surface area (Å²) in [4.78, 5) is 33.2. The van der Waals surface area contributed by atoms with E-state index in [1.807, 2.05) is 4.90 Å². The Morgan fingerprint density at radius 1 is 1.32 bits per heavy atom. The highest BCUT2D eigenvalue weighted by atomic mass is 16.2. The van der Waals surface area contributed by atoms with Gasteiger partial charge in [-0.3, -0.25) is 9.59 Å². The summed E-state index contributed by atoms with van der Waals surface area (Å²) in [6, 6.07) is 8.46. The first-order chi connectivity index (χ1) is 12.0. The normalized spacial score (nSPS) is 17.5. The van der Waals surface area contributed by atoms with E-state index in [0.29, 0.717) is 18.3 Å². The highest BCUT2D eigenvalue weighted by molar-refractivity contribution is 5.93. The van der Waals surface area contributed by atoms with Crippen LogP contribution in [0.5, 0.6) is 0 Å². The van der Waals surface area contributed by atoms with Gasteiger partial charge in [-0.15, -0.1) is 0 Å². The van der Waals surface area contributed by atoms with E-state index in [2.05, 4.69) is 41.2 Å². The maximum absolute atomic E-state index is 12.7. The van der Waals surface area contributed by atoms with E-state index in [1.54, 1.807) is 6.92 Å². The number of hydrogen-bond donors (Lipinski definition) is 1. The number of piperidine rings is 1. The van der Waals surface area contributed by atoms with Crippen LogP contribution in [0.2, 0.25) is 0 Å². The topological polar surface area (TPSA) is 66.1 Å². The van der Waals surface area contributed by atoms with Crippen LogP contribution in [0.4, 0.5) is 0 Å². The van der Waals surface area contributed by atoms with Gasteiger partial charge >= 0.3 is 0 Å². The minimum atomic E-state index is -0.348. The molecule has 1 aromatic carbocycles. The lowest BCUT2D eigenvalue weighted by Gasteiger charge is -2.32. The maximum Gasteiger partial charge on any atom is 0.263 e. The Kier molecular flexibility index (Phi) is 5.31. The van der Waals surface area contributed by atoms with Gasteiger partial charge in [-0.1, -0.05) is 24.3 Å². The van der Waals surface area contributed by atoms with Crippen molar-refractivity contribution in [2.45, 2.75) is 39.5 Å². The largest absolute Gasteiger partial charge is 0.338 e. The molecule has 1 atom stereocenters. The predicted molar refractivity (Wildman–Crippen MR) is 97.7 cm³/mol. The average molecular weight is 339 g/mol. The molecule has 0 spiro atoms. The number of aromatic nitrogens is 2. The van der Waals surface area contributed by atoms with Crippen molar-refractivity contribution < 1.29 is 4.79 Å². The highest BCUT2D eigenvalue weighted by Crippen LogP contribution is 2.23. The van der Waals surface area contributed by atoms with Gasteiger partial charge in [0.1, 0.15) is 11.4 Å². The van der Waals surface area contributed by atoms with Crippen LogP contribution in [0.3, 0.4) is 0 Å². The average Bonchev–Trinajstić information content (AvgIpc) is 2.61. The predicted octanol–water partition coefficient (Wildman–Crippen LogP) is 2.87. The number of nitrogens with zero attached hydrogens (tertiary/aromatic N) is 2. The molecule has 25 heavy (non-hydrogen) atoms. The molecule has 0 radical (unpaired) electrons. The van der Waals surface area contributed by atoms with Crippen LogP contribution in [-0.4, -0.2) is 33.9 Å². The van der Waals surface area contributed by atoms with Gasteiger partial charge in [-0.05, 0) is 56.6 Å². The van der Waals surface area contributed by atoms with Crippen molar-refractivity contribution in [2.24, 2.45) is 5.92 Å². The molecule has 2 aromatic rings. The zero-order chi connectivity index (χ0) is 17.8. The van der Waals surface area contributed by atoms with Gasteiger partial charge in [-0.25, -0.2) is 4.98 Å². The molecule has 0 aliphatic carbocycles. The number of H-pyrrole nitrogens is 1. The summed E-state index contributed by atoms with van der Waals surface area (Å²) in [7, 11) is 0. The molecule has 1 N–H and O–H groups in total. The summed E-state index contributed by atoms with van der Waals surface area (Å²) in [5.74, 6) is 0.806. The van der Waals surface area contributed by atoms with Gasteiger partial charge in [0.05, 0.1) is 0 Å². The van der Waals surface area contributed by atoms with Gasteiger partial charge in [0.2, 0.25) is 0 Å². The number of amides is 1. The second-order valence-electron chi connectivity index (χ2n) is 6.94. The number of likely N-dealkylation sites (tertiary alicyclic amines) is 1. The first-order valence-corrected chi connectivity index (χ1v) is 8.94. The van der Waals surface area contributed by atoms with Crippen molar-refractivity contribution in [3.63, 3.8) is 0 Å². The van der Waals surface area contributed by atoms with E-state index in [0.717, 1.165) is 32.2 Å². The molecule has 1 amide bonds. The molecule has 0 saturated carbocycles. The van der Waals surface area contributed by atoms with Crippen LogP contribution in [0, 0.1) is 19.8 Å². The Morgan fingerprint density at radius 2 is 2.12 bits per heavy atom. The minimum absolute atomic E-state index is 0.144. The first kappa shape index (κ1) is 17.4. The van der Waals surface area contributed by atoms with Crippen molar-refractivity contribution in [2.75, 3.05) is 13.1 Å². The molecule has 1 fully saturated rings. The van der Waals surface area contributed by atoms with Crippen LogP contribution >= 0.6 is 0 Å². The Bertz CT molecular complexity index is 813. The molecular formula is C20H25N3O2. The van der Waals surface area contributed by atoms with Gasteiger partial charge < -0.3 is 9.88 Å². The SMILES string of the molecule is Cc1ncc(C(=O)N2CCC[C@H](CCc3ccccc3C)C2)c(=O)[nH]1. The minimum Gasteiger partial charge on any atom is -0.338 e. The summed E-state index contributed by atoms with van der Waals surface area (Å²) >= 11 is 0. The molecule has 0 unspecified atom stereocenters. The number of aromatic amines is 1. The second kappa shape index (κ2) is 7.64. The van der Waals surface area contributed by atoms with Crippen molar-refractivity contribution in [1.29, 1.82) is 0 Å². The van der Waals surface area contributed by atoms with E-state index in [1.165, 1.54) is 17.3 Å². The van der Waals surface area contributed by atoms with Gasteiger partial charge in [0.15, 0.2) is 0 Å². The monoisotopic (exact) mass is 339 g/mol. The molecule has 132 valence electrons. The fourth-order valence-electron chi connectivity index (χ4n) is 3.54. The van der Waals surface area contributed by atoms with E-state index in [4.69, 9.17) is 0 Å². The van der Waals surface area contributed by atoms with Crippen molar-refractivity contribution >= 4 is 5.91 Å². The van der Waals surface area contributed by atoms with Gasteiger partial charge in [0, 0.05) is 19.3 Å². The smallest absolute Gasteiger partial charge is 0.263 e. The summed E-state index contributed by atoms with van der Waals surface area (Å²) in [6.45, 7) is 5.28. The fraction of sp³-hybridized carbons (Fsp3) is 0.450. The molecule has 1 aromatic heterocycles. The van der Waals surface area contributed by atoms with Crippen LogP contribution in [-0.2, 0) is 6.42 Å². The summed E-state index contributed by atoms with van der Waals surface area (Å²) in [5, 5.41) is 0. The molecule has 3 rings (SSSR count). The standard InChI is InChI=1S/C20H25N3O2/c1-14-6-3-4-8-17(14)10-9-16-7-5-11-23(13-16)20(25)18-12-21-15(2)22-19(18)24/h3-4,6,8,12,16H,5,7,9-11,13H2,1-2H3,(H,21,22,24)/t16-/m1/s1. The quantitative estimate of drug-likeness (QED) is 0.931. The summed E-state index contributed by atoms with van der Waals surface area (Å²) < 4.78 is 0.